The van der Waals surface area contributed by atoms with Crippen LogP contribution in [-0.2, 0) is 7.05 Å². The maximum Gasteiger partial charge on any atom is 0.272 e. The fraction of sp³-hybridized carbons (Fsp3) is 0.154. The molecule has 0 unspecified atom stereocenters. The predicted octanol–water partition coefficient (Wildman–Crippen LogP) is 1.59. The number of rotatable bonds is 2. The molecule has 0 spiro atoms. The number of nitrogens with two attached hydrogens (primary N) is 1. The van der Waals surface area contributed by atoms with E-state index in [-0.39, 0.29) is 12.7 Å². The number of hydrogen-bond donors (Lipinski definition) is 2. The van der Waals surface area contributed by atoms with E-state index in [0.717, 1.165) is 0 Å². The van der Waals surface area contributed by atoms with E-state index < -0.39 is 0 Å². The Balaban J connectivity index is 1.81. The summed E-state index contributed by atoms with van der Waals surface area (Å²) in [7, 11) is 1.77. The zero-order chi connectivity index (χ0) is 13.4. The van der Waals surface area contributed by atoms with Crippen molar-refractivity contribution in [1.29, 1.82) is 0 Å². The Hall–Kier alpha value is -2.63. The standard InChI is InChI=1S/C13H13N3O3/c1-16-6-8(14)4-10(16)13(17)15-9-2-3-11-12(5-9)19-7-18-11/h2-6H,7,14H2,1H3,(H,15,17). The van der Waals surface area contributed by atoms with Gasteiger partial charge in [0.25, 0.3) is 5.91 Å². The summed E-state index contributed by atoms with van der Waals surface area (Å²) in [4.78, 5) is 12.1. The monoisotopic (exact) mass is 259 g/mol. The van der Waals surface area contributed by atoms with Crippen LogP contribution in [0.25, 0.3) is 0 Å². The Labute approximate surface area is 109 Å². The predicted molar refractivity (Wildman–Crippen MR) is 70.3 cm³/mol. The van der Waals surface area contributed by atoms with Crippen LogP contribution in [0.15, 0.2) is 30.5 Å². The second-order valence-corrected chi connectivity index (χ2v) is 4.29. The molecule has 0 atom stereocenters. The Morgan fingerprint density at radius 3 is 2.84 bits per heavy atom. The van der Waals surface area contributed by atoms with Crippen molar-refractivity contribution in [3.8, 4) is 11.5 Å². The van der Waals surface area contributed by atoms with Crippen molar-refractivity contribution in [2.75, 3.05) is 17.8 Å². The number of aromatic nitrogens is 1. The van der Waals surface area contributed by atoms with Gasteiger partial charge in [0.1, 0.15) is 5.69 Å². The van der Waals surface area contributed by atoms with Crippen LogP contribution in [-0.4, -0.2) is 17.3 Å². The van der Waals surface area contributed by atoms with Gasteiger partial charge in [-0.2, -0.15) is 0 Å². The number of fused-ring (bicyclic) bond motifs is 1. The van der Waals surface area contributed by atoms with Gasteiger partial charge in [-0.25, -0.2) is 0 Å². The van der Waals surface area contributed by atoms with E-state index in [4.69, 9.17) is 15.2 Å². The quantitative estimate of drug-likeness (QED) is 0.858. The molecule has 0 saturated heterocycles. The lowest BCUT2D eigenvalue weighted by Gasteiger charge is -2.06. The summed E-state index contributed by atoms with van der Waals surface area (Å²) < 4.78 is 12.1. The zero-order valence-electron chi connectivity index (χ0n) is 10.3. The molecule has 98 valence electrons. The molecular formula is C13H13N3O3. The van der Waals surface area contributed by atoms with Gasteiger partial charge in [-0.3, -0.25) is 4.79 Å². The third kappa shape index (κ3) is 2.08. The van der Waals surface area contributed by atoms with E-state index in [1.54, 1.807) is 42.1 Å². The Morgan fingerprint density at radius 1 is 1.32 bits per heavy atom. The van der Waals surface area contributed by atoms with Crippen LogP contribution >= 0.6 is 0 Å². The number of hydrogen-bond acceptors (Lipinski definition) is 4. The number of anilines is 2. The van der Waals surface area contributed by atoms with Gasteiger partial charge in [0.2, 0.25) is 6.79 Å². The molecule has 2 heterocycles. The first kappa shape index (κ1) is 11.5. The normalized spacial score (nSPS) is 12.5. The lowest BCUT2D eigenvalue weighted by Crippen LogP contribution is -2.15. The van der Waals surface area contributed by atoms with E-state index in [0.29, 0.717) is 28.6 Å². The van der Waals surface area contributed by atoms with Gasteiger partial charge in [0.05, 0.1) is 5.69 Å². The van der Waals surface area contributed by atoms with Crippen molar-refractivity contribution >= 4 is 17.3 Å². The van der Waals surface area contributed by atoms with Crippen molar-refractivity contribution in [2.45, 2.75) is 0 Å². The van der Waals surface area contributed by atoms with Gasteiger partial charge >= 0.3 is 0 Å². The van der Waals surface area contributed by atoms with Crippen LogP contribution in [0, 0.1) is 0 Å². The highest BCUT2D eigenvalue weighted by molar-refractivity contribution is 6.04. The first-order chi connectivity index (χ1) is 9.13. The van der Waals surface area contributed by atoms with E-state index in [1.807, 2.05) is 0 Å². The van der Waals surface area contributed by atoms with Gasteiger partial charge in [0.15, 0.2) is 11.5 Å². The van der Waals surface area contributed by atoms with Crippen LogP contribution in [0.2, 0.25) is 0 Å². The number of nitrogens with zero attached hydrogens (tertiary/aromatic N) is 1. The Kier molecular flexibility index (Phi) is 2.56. The minimum Gasteiger partial charge on any atom is -0.454 e. The number of benzene rings is 1. The summed E-state index contributed by atoms with van der Waals surface area (Å²) in [5.74, 6) is 1.09. The molecule has 1 aromatic heterocycles. The van der Waals surface area contributed by atoms with Crippen LogP contribution in [0.4, 0.5) is 11.4 Å². The fourth-order valence-electron chi connectivity index (χ4n) is 1.99. The first-order valence-corrected chi connectivity index (χ1v) is 5.76. The number of amides is 1. The average Bonchev–Trinajstić information content (AvgIpc) is 2.94. The molecule has 0 fully saturated rings. The number of carbonyl (C=O) groups excluding carboxylic acids is 1. The summed E-state index contributed by atoms with van der Waals surface area (Å²) in [6.07, 6.45) is 1.69. The molecule has 1 aliphatic rings. The third-order valence-corrected chi connectivity index (χ3v) is 2.89. The van der Waals surface area contributed by atoms with Crippen LogP contribution < -0.4 is 20.5 Å². The van der Waals surface area contributed by atoms with Gasteiger partial charge in [0, 0.05) is 25.0 Å². The van der Waals surface area contributed by atoms with Crippen molar-refractivity contribution in [3.63, 3.8) is 0 Å². The lowest BCUT2D eigenvalue weighted by atomic mass is 10.2. The highest BCUT2D eigenvalue weighted by Gasteiger charge is 2.15. The summed E-state index contributed by atoms with van der Waals surface area (Å²) in [6, 6.07) is 6.88. The summed E-state index contributed by atoms with van der Waals surface area (Å²) in [5.41, 5.74) is 7.34. The molecule has 0 bridgehead atoms. The molecule has 3 rings (SSSR count). The SMILES string of the molecule is Cn1cc(N)cc1C(=O)Nc1ccc2c(c1)OCO2. The Morgan fingerprint density at radius 2 is 2.11 bits per heavy atom. The molecule has 1 aromatic carbocycles. The van der Waals surface area contributed by atoms with Gasteiger partial charge < -0.3 is 25.1 Å². The molecule has 19 heavy (non-hydrogen) atoms. The summed E-state index contributed by atoms with van der Waals surface area (Å²) >= 11 is 0. The van der Waals surface area contributed by atoms with Gasteiger partial charge in [-0.1, -0.05) is 0 Å². The van der Waals surface area contributed by atoms with E-state index >= 15 is 0 Å². The molecule has 1 amide bonds. The average molecular weight is 259 g/mol. The second kappa shape index (κ2) is 4.24. The number of aryl methyl sites for hydroxylation is 1. The lowest BCUT2D eigenvalue weighted by molar-refractivity contribution is 0.101. The number of carbonyl (C=O) groups is 1. The van der Waals surface area contributed by atoms with Gasteiger partial charge in [-0.15, -0.1) is 0 Å². The van der Waals surface area contributed by atoms with E-state index in [2.05, 4.69) is 5.32 Å². The largest absolute Gasteiger partial charge is 0.454 e. The highest BCUT2D eigenvalue weighted by atomic mass is 16.7. The van der Waals surface area contributed by atoms with Crippen LogP contribution in [0.1, 0.15) is 10.5 Å². The number of nitrogen functional groups attached to an aromatic ring is 1. The van der Waals surface area contributed by atoms with Crippen molar-refractivity contribution in [2.24, 2.45) is 7.05 Å². The topological polar surface area (TPSA) is 78.5 Å². The van der Waals surface area contributed by atoms with Crippen molar-refractivity contribution in [3.05, 3.63) is 36.2 Å². The first-order valence-electron chi connectivity index (χ1n) is 5.76. The van der Waals surface area contributed by atoms with Gasteiger partial charge in [-0.05, 0) is 18.2 Å². The fourth-order valence-corrected chi connectivity index (χ4v) is 1.99. The maximum atomic E-state index is 12.1. The summed E-state index contributed by atoms with van der Waals surface area (Å²) in [5, 5.41) is 2.79. The molecule has 1 aliphatic heterocycles. The minimum atomic E-state index is -0.224. The molecule has 6 heteroatoms. The molecule has 3 N–H and O–H groups in total. The van der Waals surface area contributed by atoms with Crippen molar-refractivity contribution < 1.29 is 14.3 Å². The second-order valence-electron chi connectivity index (χ2n) is 4.29. The van der Waals surface area contributed by atoms with Crippen molar-refractivity contribution in [1.82, 2.24) is 4.57 Å². The van der Waals surface area contributed by atoms with Crippen LogP contribution in [0.3, 0.4) is 0 Å². The molecular weight excluding hydrogens is 246 g/mol. The molecule has 0 saturated carbocycles. The van der Waals surface area contributed by atoms with Crippen LogP contribution in [0.5, 0.6) is 11.5 Å². The highest BCUT2D eigenvalue weighted by Crippen LogP contribution is 2.34. The number of ether oxygens (including phenoxy) is 2. The Bertz CT molecular complexity index is 649. The minimum absolute atomic E-state index is 0.209. The van der Waals surface area contributed by atoms with E-state index in [9.17, 15) is 4.79 Å². The summed E-state index contributed by atoms with van der Waals surface area (Å²) in [6.45, 7) is 0.209. The zero-order valence-corrected chi connectivity index (χ0v) is 10.3. The third-order valence-electron chi connectivity index (χ3n) is 2.89. The molecule has 6 nitrogen and oxygen atoms in total. The molecule has 0 radical (unpaired) electrons. The van der Waals surface area contributed by atoms with E-state index in [1.165, 1.54) is 0 Å². The number of nitrogens with one attached hydrogen (secondary N) is 1. The molecule has 0 aliphatic carbocycles. The maximum absolute atomic E-state index is 12.1. The molecule has 2 aromatic rings. The smallest absolute Gasteiger partial charge is 0.272 e.